The summed E-state index contributed by atoms with van der Waals surface area (Å²) < 4.78 is 0. The third-order valence-corrected chi connectivity index (χ3v) is 2.41. The summed E-state index contributed by atoms with van der Waals surface area (Å²) in [6.45, 7) is 1.54. The number of ketones is 1. The van der Waals surface area contributed by atoms with Gasteiger partial charge in [0.05, 0.1) is 6.20 Å². The summed E-state index contributed by atoms with van der Waals surface area (Å²) >= 11 is 5.76. The molecule has 0 spiro atoms. The molecule has 0 unspecified atom stereocenters. The van der Waals surface area contributed by atoms with Crippen LogP contribution in [0.3, 0.4) is 0 Å². The van der Waals surface area contributed by atoms with Crippen molar-refractivity contribution in [3.8, 4) is 11.1 Å². The van der Waals surface area contributed by atoms with Gasteiger partial charge in [0, 0.05) is 11.1 Å². The fourth-order valence-electron chi connectivity index (χ4n) is 1.42. The largest absolute Gasteiger partial charge is 0.295 e. The molecule has 2 aromatic rings. The molecule has 4 heteroatoms. The molecule has 0 bridgehead atoms. The van der Waals surface area contributed by atoms with Crippen LogP contribution in [0.5, 0.6) is 0 Å². The average Bonchev–Trinajstić information content (AvgIpc) is 2.29. The lowest BCUT2D eigenvalue weighted by molar-refractivity contribution is 0.101. The molecule has 0 radical (unpaired) electrons. The monoisotopic (exact) mass is 232 g/mol. The van der Waals surface area contributed by atoms with Gasteiger partial charge in [-0.25, -0.2) is 0 Å². The Kier molecular flexibility index (Phi) is 2.97. The Hall–Kier alpha value is -1.74. The highest BCUT2D eigenvalue weighted by Gasteiger charge is 2.03. The van der Waals surface area contributed by atoms with E-state index in [4.69, 9.17) is 11.6 Å². The van der Waals surface area contributed by atoms with Crippen LogP contribution in [0, 0.1) is 0 Å². The smallest absolute Gasteiger partial charge is 0.159 e. The SMILES string of the molecule is CC(=O)c1cccc(-c2cnnc(Cl)c2)c1. The fourth-order valence-corrected chi connectivity index (χ4v) is 1.58. The van der Waals surface area contributed by atoms with Gasteiger partial charge in [0.25, 0.3) is 0 Å². The van der Waals surface area contributed by atoms with E-state index < -0.39 is 0 Å². The number of Topliss-reactive ketones (excluding diaryl/α,β-unsaturated/α-hetero) is 1. The third-order valence-electron chi connectivity index (χ3n) is 2.23. The number of aromatic nitrogens is 2. The molecule has 0 aliphatic heterocycles. The van der Waals surface area contributed by atoms with Crippen LogP contribution in [-0.4, -0.2) is 16.0 Å². The van der Waals surface area contributed by atoms with Crippen LogP contribution in [0.25, 0.3) is 11.1 Å². The highest BCUT2D eigenvalue weighted by Crippen LogP contribution is 2.21. The van der Waals surface area contributed by atoms with E-state index in [0.717, 1.165) is 11.1 Å². The summed E-state index contributed by atoms with van der Waals surface area (Å²) in [6.07, 6.45) is 1.62. The number of hydrogen-bond acceptors (Lipinski definition) is 3. The van der Waals surface area contributed by atoms with E-state index in [1.807, 2.05) is 18.2 Å². The standard InChI is InChI=1S/C12H9ClN2O/c1-8(16)9-3-2-4-10(5-9)11-6-12(13)15-14-7-11/h2-7H,1H3. The van der Waals surface area contributed by atoms with Crippen molar-refractivity contribution < 1.29 is 4.79 Å². The summed E-state index contributed by atoms with van der Waals surface area (Å²) in [7, 11) is 0. The maximum absolute atomic E-state index is 11.2. The highest BCUT2D eigenvalue weighted by atomic mass is 35.5. The second-order valence-electron chi connectivity index (χ2n) is 3.40. The van der Waals surface area contributed by atoms with Crippen LogP contribution in [0.2, 0.25) is 5.15 Å². The summed E-state index contributed by atoms with van der Waals surface area (Å²) in [5, 5.41) is 7.78. The first kappa shape index (κ1) is 10.8. The van der Waals surface area contributed by atoms with Crippen molar-refractivity contribution in [2.24, 2.45) is 0 Å². The van der Waals surface area contributed by atoms with E-state index in [1.165, 1.54) is 6.92 Å². The van der Waals surface area contributed by atoms with Crippen molar-refractivity contribution in [1.29, 1.82) is 0 Å². The number of nitrogens with zero attached hydrogens (tertiary/aromatic N) is 2. The van der Waals surface area contributed by atoms with Gasteiger partial charge in [0.2, 0.25) is 0 Å². The van der Waals surface area contributed by atoms with Crippen molar-refractivity contribution >= 4 is 17.4 Å². The minimum atomic E-state index is 0.0370. The summed E-state index contributed by atoms with van der Waals surface area (Å²) in [4.78, 5) is 11.2. The van der Waals surface area contributed by atoms with Crippen LogP contribution in [-0.2, 0) is 0 Å². The van der Waals surface area contributed by atoms with Gasteiger partial charge >= 0.3 is 0 Å². The molecule has 1 aromatic heterocycles. The number of benzene rings is 1. The molecule has 16 heavy (non-hydrogen) atoms. The molecule has 0 atom stereocenters. The van der Waals surface area contributed by atoms with E-state index in [1.54, 1.807) is 18.3 Å². The van der Waals surface area contributed by atoms with Gasteiger partial charge in [0.1, 0.15) is 0 Å². The lowest BCUT2D eigenvalue weighted by atomic mass is 10.0. The Morgan fingerprint density at radius 2 is 2.06 bits per heavy atom. The predicted octanol–water partition coefficient (Wildman–Crippen LogP) is 3.00. The third kappa shape index (κ3) is 2.25. The first-order chi connectivity index (χ1) is 7.66. The van der Waals surface area contributed by atoms with Gasteiger partial charge in [-0.3, -0.25) is 4.79 Å². The van der Waals surface area contributed by atoms with Gasteiger partial charge in [0.15, 0.2) is 10.9 Å². The van der Waals surface area contributed by atoms with Crippen LogP contribution in [0.15, 0.2) is 36.5 Å². The lowest BCUT2D eigenvalue weighted by Gasteiger charge is -2.02. The van der Waals surface area contributed by atoms with E-state index in [2.05, 4.69) is 10.2 Å². The summed E-state index contributed by atoms with van der Waals surface area (Å²) in [6, 6.07) is 9.05. The second-order valence-corrected chi connectivity index (χ2v) is 3.79. The zero-order chi connectivity index (χ0) is 11.5. The van der Waals surface area contributed by atoms with Gasteiger partial charge < -0.3 is 0 Å². The molecule has 0 aliphatic carbocycles. The van der Waals surface area contributed by atoms with Crippen LogP contribution in [0.4, 0.5) is 0 Å². The lowest BCUT2D eigenvalue weighted by Crippen LogP contribution is -1.92. The molecule has 2 rings (SSSR count). The Morgan fingerprint density at radius 3 is 2.75 bits per heavy atom. The Morgan fingerprint density at radius 1 is 1.25 bits per heavy atom. The number of halogens is 1. The van der Waals surface area contributed by atoms with Crippen molar-refractivity contribution in [2.75, 3.05) is 0 Å². The topological polar surface area (TPSA) is 42.9 Å². The quantitative estimate of drug-likeness (QED) is 0.748. The minimum Gasteiger partial charge on any atom is -0.295 e. The van der Waals surface area contributed by atoms with Crippen molar-refractivity contribution in [3.63, 3.8) is 0 Å². The van der Waals surface area contributed by atoms with Gasteiger partial charge in [-0.15, -0.1) is 5.10 Å². The fraction of sp³-hybridized carbons (Fsp3) is 0.0833. The molecule has 80 valence electrons. The average molecular weight is 233 g/mol. The first-order valence-electron chi connectivity index (χ1n) is 4.76. The number of carbonyl (C=O) groups is 1. The molecule has 0 saturated carbocycles. The van der Waals surface area contributed by atoms with E-state index >= 15 is 0 Å². The molecule has 0 N–H and O–H groups in total. The van der Waals surface area contributed by atoms with E-state index in [-0.39, 0.29) is 5.78 Å². The summed E-state index contributed by atoms with van der Waals surface area (Å²) in [5.74, 6) is 0.0370. The van der Waals surface area contributed by atoms with Crippen molar-refractivity contribution in [1.82, 2.24) is 10.2 Å². The Balaban J connectivity index is 2.48. The molecule has 0 aliphatic rings. The van der Waals surface area contributed by atoms with Crippen LogP contribution >= 0.6 is 11.6 Å². The molecular formula is C12H9ClN2O. The molecule has 0 amide bonds. The predicted molar refractivity (Wildman–Crippen MR) is 62.5 cm³/mol. The maximum atomic E-state index is 11.2. The Bertz CT molecular complexity index is 540. The molecule has 0 fully saturated rings. The molecule has 3 nitrogen and oxygen atoms in total. The Labute approximate surface area is 98.1 Å². The van der Waals surface area contributed by atoms with Gasteiger partial charge in [-0.2, -0.15) is 5.10 Å². The number of hydrogen-bond donors (Lipinski definition) is 0. The summed E-state index contributed by atoms with van der Waals surface area (Å²) in [5.41, 5.74) is 2.43. The van der Waals surface area contributed by atoms with Crippen LogP contribution in [0.1, 0.15) is 17.3 Å². The zero-order valence-electron chi connectivity index (χ0n) is 8.64. The number of carbonyl (C=O) groups excluding carboxylic acids is 1. The first-order valence-corrected chi connectivity index (χ1v) is 5.14. The molecule has 1 heterocycles. The minimum absolute atomic E-state index is 0.0370. The normalized spacial score (nSPS) is 10.1. The highest BCUT2D eigenvalue weighted by molar-refractivity contribution is 6.29. The van der Waals surface area contributed by atoms with Crippen molar-refractivity contribution in [2.45, 2.75) is 6.92 Å². The zero-order valence-corrected chi connectivity index (χ0v) is 9.40. The van der Waals surface area contributed by atoms with Crippen LogP contribution < -0.4 is 0 Å². The van der Waals surface area contributed by atoms with E-state index in [0.29, 0.717) is 10.7 Å². The maximum Gasteiger partial charge on any atom is 0.159 e. The van der Waals surface area contributed by atoms with Crippen molar-refractivity contribution in [3.05, 3.63) is 47.2 Å². The molecular weight excluding hydrogens is 224 g/mol. The molecule has 0 saturated heterocycles. The molecule has 1 aromatic carbocycles. The van der Waals surface area contributed by atoms with Gasteiger partial charge in [-0.05, 0) is 24.6 Å². The number of rotatable bonds is 2. The second kappa shape index (κ2) is 4.41. The van der Waals surface area contributed by atoms with Gasteiger partial charge in [-0.1, -0.05) is 29.8 Å². The van der Waals surface area contributed by atoms with E-state index in [9.17, 15) is 4.79 Å².